The lowest BCUT2D eigenvalue weighted by atomic mass is 10.2. The number of anilines is 1. The Morgan fingerprint density at radius 3 is 2.17 bits per heavy atom. The molecule has 1 rings (SSSR count). The van der Waals surface area contributed by atoms with Gasteiger partial charge in [0, 0.05) is 10.6 Å². The van der Waals surface area contributed by atoms with Crippen molar-refractivity contribution in [2.24, 2.45) is 0 Å². The van der Waals surface area contributed by atoms with Crippen molar-refractivity contribution in [1.29, 1.82) is 0 Å². The third-order valence-electron chi connectivity index (χ3n) is 1.36. The Balaban J connectivity index is 3.31. The second-order valence-electron chi connectivity index (χ2n) is 2.24. The van der Waals surface area contributed by atoms with Gasteiger partial charge >= 0.3 is 6.18 Å². The van der Waals surface area contributed by atoms with Gasteiger partial charge in [-0.05, 0) is 12.1 Å². The first-order valence-corrected chi connectivity index (χ1v) is 3.52. The van der Waals surface area contributed by atoms with Gasteiger partial charge in [0.05, 0.1) is 5.56 Å². The summed E-state index contributed by atoms with van der Waals surface area (Å²) in [6.07, 6.45) is -4.43. The Labute approximate surface area is 72.8 Å². The summed E-state index contributed by atoms with van der Waals surface area (Å²) in [6.45, 7) is 0. The lowest BCUT2D eigenvalue weighted by Crippen LogP contribution is -2.09. The predicted octanol–water partition coefficient (Wildman–Crippen LogP) is 2.58. The molecule has 0 saturated carbocycles. The Kier molecular flexibility index (Phi) is 2.23. The fourth-order valence-electron chi connectivity index (χ4n) is 0.866. The first-order valence-electron chi connectivity index (χ1n) is 3.07. The quantitative estimate of drug-likeness (QED) is 0.480. The number of nitrogen functional groups attached to an aromatic ring is 1. The maximum atomic E-state index is 12.2. The molecule has 0 aromatic heterocycles. The van der Waals surface area contributed by atoms with Crippen molar-refractivity contribution >= 4 is 18.3 Å². The third-order valence-corrected chi connectivity index (χ3v) is 1.73. The van der Waals surface area contributed by atoms with E-state index in [0.717, 1.165) is 0 Å². The van der Waals surface area contributed by atoms with Crippen LogP contribution in [-0.2, 0) is 6.18 Å². The molecule has 0 spiro atoms. The van der Waals surface area contributed by atoms with Gasteiger partial charge in [-0.1, -0.05) is 6.07 Å². The zero-order chi connectivity index (χ0) is 9.35. The van der Waals surface area contributed by atoms with E-state index < -0.39 is 11.7 Å². The van der Waals surface area contributed by atoms with Gasteiger partial charge in [0.15, 0.2) is 0 Å². The summed E-state index contributed by atoms with van der Waals surface area (Å²) in [5.74, 6) is 0. The van der Waals surface area contributed by atoms with Crippen LogP contribution in [0.15, 0.2) is 23.1 Å². The van der Waals surface area contributed by atoms with Crippen LogP contribution >= 0.6 is 12.6 Å². The molecule has 1 aromatic carbocycles. The van der Waals surface area contributed by atoms with Crippen molar-refractivity contribution in [3.8, 4) is 0 Å². The SMILES string of the molecule is Nc1cccc(S)c1C(F)(F)F. The molecule has 0 aliphatic heterocycles. The Morgan fingerprint density at radius 1 is 1.25 bits per heavy atom. The maximum Gasteiger partial charge on any atom is 0.419 e. The second kappa shape index (κ2) is 2.90. The third kappa shape index (κ3) is 1.66. The molecular weight excluding hydrogens is 187 g/mol. The highest BCUT2D eigenvalue weighted by molar-refractivity contribution is 7.80. The average molecular weight is 193 g/mol. The van der Waals surface area contributed by atoms with Gasteiger partial charge in [-0.3, -0.25) is 0 Å². The topological polar surface area (TPSA) is 26.0 Å². The molecule has 0 radical (unpaired) electrons. The molecule has 1 aromatic rings. The number of hydrogen-bond acceptors (Lipinski definition) is 2. The van der Waals surface area contributed by atoms with Crippen LogP contribution in [0, 0.1) is 0 Å². The molecule has 1 nitrogen and oxygen atoms in total. The van der Waals surface area contributed by atoms with E-state index in [4.69, 9.17) is 5.73 Å². The van der Waals surface area contributed by atoms with Gasteiger partial charge in [0.25, 0.3) is 0 Å². The molecule has 0 unspecified atom stereocenters. The van der Waals surface area contributed by atoms with E-state index in [-0.39, 0.29) is 10.6 Å². The fourth-order valence-corrected chi connectivity index (χ4v) is 1.21. The number of thiol groups is 1. The molecule has 0 fully saturated rings. The Morgan fingerprint density at radius 2 is 1.83 bits per heavy atom. The summed E-state index contributed by atoms with van der Waals surface area (Å²) in [4.78, 5) is -0.150. The standard InChI is InChI=1S/C7H6F3NS/c8-7(9,10)6-4(11)2-1-3-5(6)12/h1-3,12H,11H2. The summed E-state index contributed by atoms with van der Waals surface area (Å²) in [5.41, 5.74) is 3.98. The van der Waals surface area contributed by atoms with Crippen LogP contribution in [0.2, 0.25) is 0 Å². The van der Waals surface area contributed by atoms with Gasteiger partial charge in [0.1, 0.15) is 0 Å². The number of nitrogens with two attached hydrogens (primary N) is 1. The number of benzene rings is 1. The van der Waals surface area contributed by atoms with E-state index in [1.807, 2.05) is 0 Å². The monoisotopic (exact) mass is 193 g/mol. The van der Waals surface area contributed by atoms with E-state index in [0.29, 0.717) is 0 Å². The summed E-state index contributed by atoms with van der Waals surface area (Å²) < 4.78 is 36.5. The first-order chi connectivity index (χ1) is 5.43. The number of hydrogen-bond donors (Lipinski definition) is 2. The maximum absolute atomic E-state index is 12.2. The molecule has 0 aliphatic carbocycles. The molecule has 2 N–H and O–H groups in total. The fraction of sp³-hybridized carbons (Fsp3) is 0.143. The Hall–Kier alpha value is -0.840. The molecule has 0 heterocycles. The summed E-state index contributed by atoms with van der Waals surface area (Å²) in [5, 5.41) is 0. The molecule has 0 bridgehead atoms. The van der Waals surface area contributed by atoms with Crippen molar-refractivity contribution in [1.82, 2.24) is 0 Å². The van der Waals surface area contributed by atoms with E-state index in [2.05, 4.69) is 12.6 Å². The molecule has 12 heavy (non-hydrogen) atoms. The molecule has 0 atom stereocenters. The van der Waals surface area contributed by atoms with E-state index in [1.54, 1.807) is 0 Å². The number of rotatable bonds is 0. The minimum Gasteiger partial charge on any atom is -0.398 e. The van der Waals surface area contributed by atoms with Gasteiger partial charge in [-0.2, -0.15) is 13.2 Å². The van der Waals surface area contributed by atoms with Gasteiger partial charge in [-0.15, -0.1) is 12.6 Å². The zero-order valence-corrected chi connectivity index (χ0v) is 6.78. The van der Waals surface area contributed by atoms with Crippen LogP contribution in [0.4, 0.5) is 18.9 Å². The molecule has 0 saturated heterocycles. The highest BCUT2D eigenvalue weighted by Gasteiger charge is 2.34. The van der Waals surface area contributed by atoms with Crippen LogP contribution in [0.3, 0.4) is 0 Å². The summed E-state index contributed by atoms with van der Waals surface area (Å²) >= 11 is 3.66. The minimum absolute atomic E-state index is 0.150. The predicted molar refractivity (Wildman–Crippen MR) is 43.1 cm³/mol. The van der Waals surface area contributed by atoms with Crippen molar-refractivity contribution in [2.45, 2.75) is 11.1 Å². The summed E-state index contributed by atoms with van der Waals surface area (Å²) in [7, 11) is 0. The summed E-state index contributed by atoms with van der Waals surface area (Å²) in [6, 6.07) is 3.87. The van der Waals surface area contributed by atoms with Crippen molar-refractivity contribution in [3.05, 3.63) is 23.8 Å². The molecule has 66 valence electrons. The van der Waals surface area contributed by atoms with Crippen LogP contribution in [0.25, 0.3) is 0 Å². The molecule has 5 heteroatoms. The lowest BCUT2D eigenvalue weighted by molar-refractivity contribution is -0.139. The van der Waals surface area contributed by atoms with Gasteiger partial charge in [0.2, 0.25) is 0 Å². The molecular formula is C7H6F3NS. The Bertz CT molecular complexity index is 275. The smallest absolute Gasteiger partial charge is 0.398 e. The molecule has 0 amide bonds. The highest BCUT2D eigenvalue weighted by Crippen LogP contribution is 2.37. The van der Waals surface area contributed by atoms with Crippen LogP contribution in [0.1, 0.15) is 5.56 Å². The minimum atomic E-state index is -4.43. The second-order valence-corrected chi connectivity index (χ2v) is 2.72. The van der Waals surface area contributed by atoms with Crippen LogP contribution in [-0.4, -0.2) is 0 Å². The van der Waals surface area contributed by atoms with Crippen molar-refractivity contribution in [2.75, 3.05) is 5.73 Å². The van der Waals surface area contributed by atoms with Crippen LogP contribution in [0.5, 0.6) is 0 Å². The lowest BCUT2D eigenvalue weighted by Gasteiger charge is -2.11. The van der Waals surface area contributed by atoms with Gasteiger partial charge in [-0.25, -0.2) is 0 Å². The number of halogens is 3. The zero-order valence-electron chi connectivity index (χ0n) is 5.89. The van der Waals surface area contributed by atoms with E-state index in [9.17, 15) is 13.2 Å². The van der Waals surface area contributed by atoms with E-state index >= 15 is 0 Å². The average Bonchev–Trinajstić information content (AvgIpc) is 1.82. The normalized spacial score (nSPS) is 11.7. The first kappa shape index (κ1) is 9.25. The molecule has 0 aliphatic rings. The van der Waals surface area contributed by atoms with Gasteiger partial charge < -0.3 is 5.73 Å². The van der Waals surface area contributed by atoms with E-state index in [1.165, 1.54) is 18.2 Å². The van der Waals surface area contributed by atoms with Crippen LogP contribution < -0.4 is 5.73 Å². The highest BCUT2D eigenvalue weighted by atomic mass is 32.1. The largest absolute Gasteiger partial charge is 0.419 e. The van der Waals surface area contributed by atoms with Crippen molar-refractivity contribution in [3.63, 3.8) is 0 Å². The van der Waals surface area contributed by atoms with Crippen molar-refractivity contribution < 1.29 is 13.2 Å². The number of alkyl halides is 3.